The summed E-state index contributed by atoms with van der Waals surface area (Å²) < 4.78 is 12.3. The van der Waals surface area contributed by atoms with Gasteiger partial charge in [0.2, 0.25) is 11.1 Å². The molecule has 0 atom stereocenters. The molecule has 1 N–H and O–H groups in total. The SMILES string of the molecule is COc1ccc(OC)c(-n2nnnc2SCC(=O)Nc2cccc(CN3CCSCC3)c2)c1. The summed E-state index contributed by atoms with van der Waals surface area (Å²) in [7, 11) is 3.17. The summed E-state index contributed by atoms with van der Waals surface area (Å²) >= 11 is 3.25. The molecule has 1 aliphatic rings. The Morgan fingerprint density at radius 3 is 2.79 bits per heavy atom. The van der Waals surface area contributed by atoms with Crippen LogP contribution in [0.4, 0.5) is 5.69 Å². The predicted molar refractivity (Wildman–Crippen MR) is 131 cm³/mol. The molecule has 0 unspecified atom stereocenters. The second-order valence-corrected chi connectivity index (χ2v) is 9.50. The number of hydrogen-bond acceptors (Lipinski definition) is 9. The van der Waals surface area contributed by atoms with Crippen LogP contribution in [0.5, 0.6) is 11.5 Å². The molecule has 1 aromatic heterocycles. The zero-order valence-electron chi connectivity index (χ0n) is 18.6. The molecular formula is C22H26N6O3S2. The van der Waals surface area contributed by atoms with Crippen LogP contribution in [0.2, 0.25) is 0 Å². The van der Waals surface area contributed by atoms with Crippen molar-refractivity contribution in [2.24, 2.45) is 0 Å². The number of anilines is 1. The van der Waals surface area contributed by atoms with E-state index in [1.807, 2.05) is 30.0 Å². The minimum atomic E-state index is -0.126. The van der Waals surface area contributed by atoms with E-state index >= 15 is 0 Å². The second-order valence-electron chi connectivity index (χ2n) is 7.34. The lowest BCUT2D eigenvalue weighted by atomic mass is 10.2. The maximum Gasteiger partial charge on any atom is 0.234 e. The quantitative estimate of drug-likeness (QED) is 0.458. The molecule has 0 bridgehead atoms. The highest BCUT2D eigenvalue weighted by Gasteiger charge is 2.16. The molecule has 3 aromatic rings. The maximum atomic E-state index is 12.6. The highest BCUT2D eigenvalue weighted by molar-refractivity contribution is 7.99. The molecule has 4 rings (SSSR count). The van der Waals surface area contributed by atoms with Crippen LogP contribution in [0.15, 0.2) is 47.6 Å². The number of amides is 1. The molecule has 9 nitrogen and oxygen atoms in total. The molecule has 0 aliphatic carbocycles. The van der Waals surface area contributed by atoms with Gasteiger partial charge >= 0.3 is 0 Å². The van der Waals surface area contributed by atoms with Crippen LogP contribution in [-0.4, -0.2) is 75.6 Å². The summed E-state index contributed by atoms with van der Waals surface area (Å²) in [5, 5.41) is 15.3. The van der Waals surface area contributed by atoms with Gasteiger partial charge in [0.1, 0.15) is 17.2 Å². The first-order valence-corrected chi connectivity index (χ1v) is 12.6. The van der Waals surface area contributed by atoms with Gasteiger partial charge in [0, 0.05) is 42.9 Å². The number of thioether (sulfide) groups is 2. The van der Waals surface area contributed by atoms with E-state index in [0.717, 1.165) is 25.3 Å². The number of ether oxygens (including phenoxy) is 2. The number of rotatable bonds is 9. The molecule has 1 aliphatic heterocycles. The zero-order valence-corrected chi connectivity index (χ0v) is 20.2. The summed E-state index contributed by atoms with van der Waals surface area (Å²) in [5.74, 6) is 3.64. The predicted octanol–water partition coefficient (Wildman–Crippen LogP) is 2.96. The van der Waals surface area contributed by atoms with Gasteiger partial charge in [-0.05, 0) is 40.3 Å². The van der Waals surface area contributed by atoms with Gasteiger partial charge in [-0.3, -0.25) is 9.69 Å². The van der Waals surface area contributed by atoms with Crippen LogP contribution in [0.25, 0.3) is 5.69 Å². The molecule has 1 fully saturated rings. The number of aromatic nitrogens is 4. The van der Waals surface area contributed by atoms with Crippen molar-refractivity contribution in [1.29, 1.82) is 0 Å². The highest BCUT2D eigenvalue weighted by atomic mass is 32.2. The van der Waals surface area contributed by atoms with Crippen molar-refractivity contribution in [2.45, 2.75) is 11.7 Å². The molecule has 1 amide bonds. The monoisotopic (exact) mass is 486 g/mol. The summed E-state index contributed by atoms with van der Waals surface area (Å²) in [6.45, 7) is 3.10. The number of tetrazole rings is 1. The Morgan fingerprint density at radius 2 is 2.00 bits per heavy atom. The van der Waals surface area contributed by atoms with E-state index in [2.05, 4.69) is 31.8 Å². The molecule has 174 valence electrons. The van der Waals surface area contributed by atoms with Gasteiger partial charge < -0.3 is 14.8 Å². The van der Waals surface area contributed by atoms with Crippen molar-refractivity contribution >= 4 is 35.1 Å². The van der Waals surface area contributed by atoms with Gasteiger partial charge in [-0.2, -0.15) is 16.4 Å². The smallest absolute Gasteiger partial charge is 0.234 e. The molecule has 1 saturated heterocycles. The average molecular weight is 487 g/mol. The van der Waals surface area contributed by atoms with Crippen LogP contribution >= 0.6 is 23.5 Å². The first-order valence-electron chi connectivity index (χ1n) is 10.5. The summed E-state index contributed by atoms with van der Waals surface area (Å²) in [6, 6.07) is 13.4. The lowest BCUT2D eigenvalue weighted by molar-refractivity contribution is -0.113. The Morgan fingerprint density at radius 1 is 1.15 bits per heavy atom. The third kappa shape index (κ3) is 6.18. The lowest BCUT2D eigenvalue weighted by Gasteiger charge is -2.26. The molecule has 0 spiro atoms. The molecule has 2 aromatic carbocycles. The Labute approximate surface area is 201 Å². The van der Waals surface area contributed by atoms with E-state index in [-0.39, 0.29) is 11.7 Å². The lowest BCUT2D eigenvalue weighted by Crippen LogP contribution is -2.31. The van der Waals surface area contributed by atoms with E-state index in [4.69, 9.17) is 9.47 Å². The molecular weight excluding hydrogens is 460 g/mol. The molecule has 2 heterocycles. The minimum absolute atomic E-state index is 0.126. The fraction of sp³-hybridized carbons (Fsp3) is 0.364. The van der Waals surface area contributed by atoms with E-state index in [1.54, 1.807) is 32.4 Å². The number of carbonyl (C=O) groups is 1. The van der Waals surface area contributed by atoms with Crippen molar-refractivity contribution in [2.75, 3.05) is 49.9 Å². The van der Waals surface area contributed by atoms with Gasteiger partial charge in [-0.15, -0.1) is 5.10 Å². The summed E-state index contributed by atoms with van der Waals surface area (Å²) in [5.41, 5.74) is 2.62. The average Bonchev–Trinajstić information content (AvgIpc) is 3.32. The normalized spacial score (nSPS) is 14.1. The van der Waals surface area contributed by atoms with Crippen molar-refractivity contribution in [3.8, 4) is 17.2 Å². The van der Waals surface area contributed by atoms with Gasteiger partial charge in [0.05, 0.1) is 20.0 Å². The van der Waals surface area contributed by atoms with E-state index in [1.165, 1.54) is 33.5 Å². The standard InChI is InChI=1S/C22H26N6O3S2/c1-30-18-6-7-20(31-2)19(13-18)28-22(24-25-26-28)33-15-21(29)23-17-5-3-4-16(12-17)14-27-8-10-32-11-9-27/h3-7,12-13H,8-11,14-15H2,1-2H3,(H,23,29). The Bertz CT molecular complexity index is 1090. The number of nitrogens with zero attached hydrogens (tertiary/aromatic N) is 5. The first-order chi connectivity index (χ1) is 16.2. The van der Waals surface area contributed by atoms with Gasteiger partial charge in [-0.25, -0.2) is 0 Å². The number of hydrogen-bond donors (Lipinski definition) is 1. The van der Waals surface area contributed by atoms with Crippen molar-refractivity contribution in [1.82, 2.24) is 25.1 Å². The minimum Gasteiger partial charge on any atom is -0.497 e. The Balaban J connectivity index is 1.38. The number of methoxy groups -OCH3 is 2. The largest absolute Gasteiger partial charge is 0.497 e. The van der Waals surface area contributed by atoms with Gasteiger partial charge in [0.15, 0.2) is 0 Å². The molecule has 0 saturated carbocycles. The highest BCUT2D eigenvalue weighted by Crippen LogP contribution is 2.29. The van der Waals surface area contributed by atoms with Crippen molar-refractivity contribution in [3.63, 3.8) is 0 Å². The van der Waals surface area contributed by atoms with Crippen molar-refractivity contribution < 1.29 is 14.3 Å². The van der Waals surface area contributed by atoms with E-state index in [9.17, 15) is 4.79 Å². The van der Waals surface area contributed by atoms with Crippen molar-refractivity contribution in [3.05, 3.63) is 48.0 Å². The topological polar surface area (TPSA) is 94.4 Å². The van der Waals surface area contributed by atoms with E-state index < -0.39 is 0 Å². The van der Waals surface area contributed by atoms with Crippen LogP contribution in [0.3, 0.4) is 0 Å². The Hall–Kier alpha value is -2.76. The molecule has 0 radical (unpaired) electrons. The first kappa shape index (κ1) is 23.4. The third-order valence-corrected chi connectivity index (χ3v) is 6.97. The molecule has 11 heteroatoms. The van der Waals surface area contributed by atoms with Gasteiger partial charge in [-0.1, -0.05) is 23.9 Å². The van der Waals surface area contributed by atoms with Gasteiger partial charge in [0.25, 0.3) is 0 Å². The van der Waals surface area contributed by atoms with Crippen LogP contribution in [0, 0.1) is 0 Å². The number of benzene rings is 2. The third-order valence-electron chi connectivity index (χ3n) is 5.11. The fourth-order valence-corrected chi connectivity index (χ4v) is 5.14. The zero-order chi connectivity index (χ0) is 23.0. The number of carbonyl (C=O) groups excluding carboxylic acids is 1. The molecule has 33 heavy (non-hydrogen) atoms. The van der Waals surface area contributed by atoms with Crippen LogP contribution in [0.1, 0.15) is 5.56 Å². The van der Waals surface area contributed by atoms with E-state index in [0.29, 0.717) is 22.3 Å². The van der Waals surface area contributed by atoms with Crippen LogP contribution in [-0.2, 0) is 11.3 Å². The number of nitrogens with one attached hydrogen (secondary N) is 1. The maximum absolute atomic E-state index is 12.6. The second kappa shape index (κ2) is 11.4. The van der Waals surface area contributed by atoms with Crippen LogP contribution < -0.4 is 14.8 Å². The summed E-state index contributed by atoms with van der Waals surface area (Å²) in [4.78, 5) is 15.1. The fourth-order valence-electron chi connectivity index (χ4n) is 3.47. The Kier molecular flexibility index (Phi) is 8.08. The summed E-state index contributed by atoms with van der Waals surface area (Å²) in [6.07, 6.45) is 0.